The molecule has 120 valence electrons. The van der Waals surface area contributed by atoms with E-state index in [1.165, 1.54) is 12.1 Å². The van der Waals surface area contributed by atoms with Crippen LogP contribution in [0.5, 0.6) is 5.75 Å². The highest BCUT2D eigenvalue weighted by molar-refractivity contribution is 7.70. The van der Waals surface area contributed by atoms with Crippen LogP contribution in [0.1, 0.15) is 0 Å². The van der Waals surface area contributed by atoms with Crippen LogP contribution in [0.25, 0.3) is 0 Å². The first-order chi connectivity index (χ1) is 9.63. The number of benzene rings is 1. The Bertz CT molecular complexity index is 544. The zero-order valence-electron chi connectivity index (χ0n) is 11.8. The van der Waals surface area contributed by atoms with Gasteiger partial charge in [-0.05, 0) is 31.3 Å². The van der Waals surface area contributed by atoms with E-state index in [-0.39, 0.29) is 5.75 Å². The SMILES string of the molecule is CNCCN(C)c1ccc(OP(=O)(O)CP(=O)(O)O)cc1. The van der Waals surface area contributed by atoms with Crippen LogP contribution in [-0.2, 0) is 9.13 Å². The molecule has 0 fully saturated rings. The molecule has 0 amide bonds. The van der Waals surface area contributed by atoms with E-state index in [2.05, 4.69) is 5.32 Å². The third-order valence-corrected chi connectivity index (χ3v) is 5.99. The number of hydrogen-bond acceptors (Lipinski definition) is 5. The largest absolute Gasteiger partial charge is 0.424 e. The molecule has 0 saturated heterocycles. The maximum Gasteiger partial charge on any atom is 0.388 e. The second-order valence-corrected chi connectivity index (χ2v) is 8.47. The molecule has 4 N–H and O–H groups in total. The van der Waals surface area contributed by atoms with Gasteiger partial charge < -0.3 is 29.4 Å². The van der Waals surface area contributed by atoms with E-state index >= 15 is 0 Å². The minimum Gasteiger partial charge on any atom is -0.424 e. The van der Waals surface area contributed by atoms with Gasteiger partial charge in [0.05, 0.1) is 0 Å². The van der Waals surface area contributed by atoms with Crippen molar-refractivity contribution in [2.75, 3.05) is 38.0 Å². The van der Waals surface area contributed by atoms with Crippen LogP contribution >= 0.6 is 15.2 Å². The Morgan fingerprint density at radius 1 is 1.19 bits per heavy atom. The minimum atomic E-state index is -4.62. The Morgan fingerprint density at radius 3 is 2.24 bits per heavy atom. The molecule has 0 aliphatic heterocycles. The van der Waals surface area contributed by atoms with Crippen LogP contribution in [0.3, 0.4) is 0 Å². The number of anilines is 1. The van der Waals surface area contributed by atoms with Crippen molar-refractivity contribution in [2.45, 2.75) is 0 Å². The van der Waals surface area contributed by atoms with Crippen LogP contribution in [0.2, 0.25) is 0 Å². The highest BCUT2D eigenvalue weighted by Gasteiger charge is 2.32. The zero-order chi connectivity index (χ0) is 16.1. The summed E-state index contributed by atoms with van der Waals surface area (Å²) < 4.78 is 27.1. The van der Waals surface area contributed by atoms with Gasteiger partial charge in [-0.2, -0.15) is 0 Å². The summed E-state index contributed by atoms with van der Waals surface area (Å²) in [6.07, 6.45) is 0. The quantitative estimate of drug-likeness (QED) is 0.519. The van der Waals surface area contributed by atoms with Gasteiger partial charge in [0.15, 0.2) is 5.90 Å². The molecule has 0 aliphatic carbocycles. The molecule has 1 unspecified atom stereocenters. The van der Waals surface area contributed by atoms with Crippen molar-refractivity contribution in [3.05, 3.63) is 24.3 Å². The second kappa shape index (κ2) is 7.40. The molecule has 1 rings (SSSR count). The summed E-state index contributed by atoms with van der Waals surface area (Å²) in [6.45, 7) is 1.59. The van der Waals surface area contributed by atoms with Crippen molar-refractivity contribution in [2.24, 2.45) is 0 Å². The number of nitrogens with one attached hydrogen (secondary N) is 1. The fourth-order valence-corrected chi connectivity index (χ4v) is 4.14. The lowest BCUT2D eigenvalue weighted by atomic mass is 10.3. The summed E-state index contributed by atoms with van der Waals surface area (Å²) in [4.78, 5) is 28.8. The summed E-state index contributed by atoms with van der Waals surface area (Å²) in [6, 6.07) is 6.35. The zero-order valence-corrected chi connectivity index (χ0v) is 13.6. The Labute approximate surface area is 123 Å². The van der Waals surface area contributed by atoms with Crippen molar-refractivity contribution in [1.82, 2.24) is 5.32 Å². The van der Waals surface area contributed by atoms with E-state index in [1.807, 2.05) is 19.0 Å². The average molecular weight is 338 g/mol. The van der Waals surface area contributed by atoms with Gasteiger partial charge in [0.1, 0.15) is 5.75 Å². The van der Waals surface area contributed by atoms with E-state index < -0.39 is 21.1 Å². The van der Waals surface area contributed by atoms with Gasteiger partial charge in [0.25, 0.3) is 0 Å². The molecule has 1 atom stereocenters. The molecular weight excluding hydrogens is 318 g/mol. The van der Waals surface area contributed by atoms with Crippen molar-refractivity contribution in [1.29, 1.82) is 0 Å². The third-order valence-electron chi connectivity index (χ3n) is 2.59. The van der Waals surface area contributed by atoms with Crippen LogP contribution in [0.15, 0.2) is 24.3 Å². The van der Waals surface area contributed by atoms with Gasteiger partial charge in [-0.3, -0.25) is 4.57 Å². The molecule has 21 heavy (non-hydrogen) atoms. The van der Waals surface area contributed by atoms with Gasteiger partial charge in [-0.15, -0.1) is 0 Å². The third kappa shape index (κ3) is 7.09. The minimum absolute atomic E-state index is 0.0834. The molecule has 0 aromatic heterocycles. The standard InChI is InChI=1S/C11H20N2O6P2/c1-12-7-8-13(2)10-3-5-11(6-4-10)19-21(17,18)9-20(14,15)16/h3-6,12H,7-9H2,1-2H3,(H,17,18)(H2,14,15,16). The van der Waals surface area contributed by atoms with Crippen LogP contribution in [0, 0.1) is 0 Å². The van der Waals surface area contributed by atoms with Crippen LogP contribution in [-0.4, -0.2) is 47.8 Å². The molecular formula is C11H20N2O6P2. The molecule has 0 radical (unpaired) electrons. The average Bonchev–Trinajstić information content (AvgIpc) is 2.33. The van der Waals surface area contributed by atoms with E-state index in [0.717, 1.165) is 18.8 Å². The van der Waals surface area contributed by atoms with E-state index in [4.69, 9.17) is 14.3 Å². The predicted octanol–water partition coefficient (Wildman–Crippen LogP) is 1.04. The fraction of sp³-hybridized carbons (Fsp3) is 0.455. The maximum atomic E-state index is 11.6. The van der Waals surface area contributed by atoms with E-state index in [0.29, 0.717) is 0 Å². The summed E-state index contributed by atoms with van der Waals surface area (Å²) >= 11 is 0. The first-order valence-corrected chi connectivity index (χ1v) is 9.71. The Kier molecular flexibility index (Phi) is 6.41. The second-order valence-electron chi connectivity index (χ2n) is 4.55. The lowest BCUT2D eigenvalue weighted by molar-refractivity contribution is 0.360. The summed E-state index contributed by atoms with van der Waals surface area (Å²) in [5.74, 6) is -1.12. The monoisotopic (exact) mass is 338 g/mol. The molecule has 8 nitrogen and oxygen atoms in total. The van der Waals surface area contributed by atoms with Gasteiger partial charge in [-0.1, -0.05) is 0 Å². The van der Waals surface area contributed by atoms with Crippen molar-refractivity contribution >= 4 is 20.9 Å². The van der Waals surface area contributed by atoms with Crippen LogP contribution in [0.4, 0.5) is 5.69 Å². The van der Waals surface area contributed by atoms with Crippen LogP contribution < -0.4 is 14.7 Å². The fourth-order valence-electron chi connectivity index (χ4n) is 1.60. The first kappa shape index (κ1) is 18.2. The molecule has 0 spiro atoms. The molecule has 1 aromatic carbocycles. The number of nitrogens with zero attached hydrogens (tertiary/aromatic N) is 1. The highest BCUT2D eigenvalue weighted by Crippen LogP contribution is 2.55. The highest BCUT2D eigenvalue weighted by atomic mass is 31.2. The van der Waals surface area contributed by atoms with Crippen molar-refractivity contribution < 1.29 is 28.3 Å². The van der Waals surface area contributed by atoms with Crippen molar-refractivity contribution in [3.63, 3.8) is 0 Å². The van der Waals surface area contributed by atoms with E-state index in [1.54, 1.807) is 12.1 Å². The molecule has 0 heterocycles. The molecule has 10 heteroatoms. The maximum absolute atomic E-state index is 11.6. The van der Waals surface area contributed by atoms with E-state index in [9.17, 15) is 14.0 Å². The van der Waals surface area contributed by atoms with Gasteiger partial charge in [-0.25, -0.2) is 4.57 Å². The smallest absolute Gasteiger partial charge is 0.388 e. The lowest BCUT2D eigenvalue weighted by Crippen LogP contribution is -2.26. The van der Waals surface area contributed by atoms with Gasteiger partial charge >= 0.3 is 15.2 Å². The van der Waals surface area contributed by atoms with Gasteiger partial charge in [0.2, 0.25) is 0 Å². The lowest BCUT2D eigenvalue weighted by Gasteiger charge is -2.20. The predicted molar refractivity (Wildman–Crippen MR) is 81.0 cm³/mol. The van der Waals surface area contributed by atoms with Gasteiger partial charge in [0, 0.05) is 25.8 Å². The first-order valence-electron chi connectivity index (χ1n) is 6.15. The summed E-state index contributed by atoms with van der Waals surface area (Å²) in [5, 5.41) is 3.02. The summed E-state index contributed by atoms with van der Waals surface area (Å²) in [5.41, 5.74) is 0.889. The van der Waals surface area contributed by atoms with Crippen molar-refractivity contribution in [3.8, 4) is 5.75 Å². The normalized spacial score (nSPS) is 14.5. The Balaban J connectivity index is 2.70. The molecule has 1 aromatic rings. The number of rotatable bonds is 8. The molecule has 0 bridgehead atoms. The molecule has 0 aliphatic rings. The topological polar surface area (TPSA) is 119 Å². The Morgan fingerprint density at radius 2 is 1.76 bits per heavy atom. The molecule has 0 saturated carbocycles. The Hall–Kier alpha value is -0.880. The number of likely N-dealkylation sites (N-methyl/N-ethyl adjacent to an activating group) is 2. The number of hydrogen-bond donors (Lipinski definition) is 4. The summed E-state index contributed by atoms with van der Waals surface area (Å²) in [7, 11) is -5.24.